The summed E-state index contributed by atoms with van der Waals surface area (Å²) in [6, 6.07) is 51.6. The number of phenols is 4. The highest BCUT2D eigenvalue weighted by Crippen LogP contribution is 2.51. The standard InChI is InChI=1S/C21H21N5O2.C21H21NO4.C20H19N5O2.C20H19NO4.4CH4/c1-26-24-20(23-25-26)15-7-5-14(6-8-15)16-13-21(9-11-22-12-10-21)28-18-4-2-3-17(27)19(16)18;1-25-20(24)15-7-5-14(6-8-15)16-13-21(9-11-22-12-10-21)26-18-4-2-3-17(23)19(16)18;26-16-2-1-3-17-18(16)15(12-20(27-17)8-10-21-11-9-20)13-4-6-14(7-5-13)19-22-24-25-23-19;22-16-2-1-3-17-18(16)15(12-20(25-17)8-10-21-11-9-20)13-4-6-14(7-5-13)19(23)24;;;;/h2-8,13,22,27H,9-12H2,1H3;2-8,13,22-23H,9-12H2,1H3;1-7,12,21,26H,8-11H2,(H,22,23,24,25);1-7,12,21-22H,8-11H2,(H,23,24);4*1H4. The number of esters is 1. The van der Waals surface area contributed by atoms with Gasteiger partial charge >= 0.3 is 11.9 Å². The van der Waals surface area contributed by atoms with E-state index in [1.54, 1.807) is 79.8 Å². The Bertz CT molecular complexity index is 5010. The second-order valence-corrected chi connectivity index (χ2v) is 27.4. The van der Waals surface area contributed by atoms with Crippen molar-refractivity contribution in [3.8, 4) is 68.8 Å². The maximum absolute atomic E-state index is 11.7. The number of fused-ring (bicyclic) bond motifs is 4. The van der Waals surface area contributed by atoms with Gasteiger partial charge in [0.2, 0.25) is 11.6 Å². The summed E-state index contributed by atoms with van der Waals surface area (Å²) in [5.41, 5.74) is 11.6. The molecular formula is C86H96N12O12. The molecular weight excluding hydrogens is 1390 g/mol. The van der Waals surface area contributed by atoms with Crippen molar-refractivity contribution in [2.45, 2.75) is 103 Å². The number of carboxylic acids is 1. The summed E-state index contributed by atoms with van der Waals surface area (Å²) < 4.78 is 30.1. The Morgan fingerprint density at radius 2 is 0.691 bits per heavy atom. The van der Waals surface area contributed by atoms with E-state index in [1.165, 1.54) is 11.9 Å². The van der Waals surface area contributed by atoms with Crippen LogP contribution in [0.4, 0.5) is 0 Å². The summed E-state index contributed by atoms with van der Waals surface area (Å²) in [6.45, 7) is 7.16. The fourth-order valence-electron chi connectivity index (χ4n) is 15.1. The van der Waals surface area contributed by atoms with E-state index < -0.39 is 11.6 Å². The molecule has 0 radical (unpaired) electrons. The van der Waals surface area contributed by atoms with E-state index in [0.29, 0.717) is 39.8 Å². The number of carboxylic acid groups (broad SMARTS) is 1. The molecule has 4 spiro atoms. The van der Waals surface area contributed by atoms with Crippen molar-refractivity contribution in [2.75, 3.05) is 59.5 Å². The van der Waals surface area contributed by atoms with Crippen molar-refractivity contribution in [2.24, 2.45) is 7.05 Å². The zero-order valence-corrected chi connectivity index (χ0v) is 58.5. The number of ether oxygens (including phenoxy) is 5. The number of aromatic nitrogens is 8. The lowest BCUT2D eigenvalue weighted by Crippen LogP contribution is -2.46. The SMILES string of the molecule is C.C.C.C.COC(=O)c1ccc(C2=CC3(CCNCC3)Oc3cccc(O)c32)cc1.Cn1nnc(-c2ccc(C3=CC4(CCNCC4)Oc4cccc(O)c43)cc2)n1.O=C(O)c1ccc(C2=CC3(CCNCC3)Oc3cccc(O)c32)cc1.Oc1cccc2c1C(c1ccc(-c3nn[nH]n3)cc1)=CC1(CCNCC1)O2. The summed E-state index contributed by atoms with van der Waals surface area (Å²) in [4.78, 5) is 24.2. The number of aryl methyl sites for hydroxylation is 1. The van der Waals surface area contributed by atoms with Gasteiger partial charge in [-0.1, -0.05) is 127 Å². The van der Waals surface area contributed by atoms with E-state index in [0.717, 1.165) is 182 Å². The van der Waals surface area contributed by atoms with Crippen LogP contribution in [0.1, 0.15) is 146 Å². The molecule has 10 aromatic rings. The van der Waals surface area contributed by atoms with Crippen LogP contribution in [0.5, 0.6) is 46.0 Å². The predicted octanol–water partition coefficient (Wildman–Crippen LogP) is 13.8. The molecule has 0 atom stereocenters. The first kappa shape index (κ1) is 79.1. The minimum absolute atomic E-state index is 0. The van der Waals surface area contributed by atoms with Gasteiger partial charge in [-0.05, 0) is 204 Å². The Morgan fingerprint density at radius 1 is 0.400 bits per heavy atom. The molecule has 8 aromatic carbocycles. The molecule has 0 amide bonds. The molecule has 0 saturated carbocycles. The van der Waals surface area contributed by atoms with Crippen molar-refractivity contribution in [1.82, 2.24) is 62.1 Å². The second kappa shape index (κ2) is 33.7. The van der Waals surface area contributed by atoms with Crippen LogP contribution in [0.25, 0.3) is 45.1 Å². The lowest BCUT2D eigenvalue weighted by molar-refractivity contribution is 0.0599. The van der Waals surface area contributed by atoms with Gasteiger partial charge in [-0.3, -0.25) is 0 Å². The van der Waals surface area contributed by atoms with Gasteiger partial charge in [0.05, 0.1) is 47.5 Å². The van der Waals surface area contributed by atoms with Crippen molar-refractivity contribution in [3.05, 3.63) is 250 Å². The largest absolute Gasteiger partial charge is 0.507 e. The van der Waals surface area contributed by atoms with Crippen LogP contribution in [0.3, 0.4) is 0 Å². The normalized spacial score (nSPS) is 17.2. The number of piperidine rings is 4. The number of tetrazole rings is 2. The Labute approximate surface area is 640 Å². The highest BCUT2D eigenvalue weighted by molar-refractivity contribution is 5.94. The van der Waals surface area contributed by atoms with E-state index in [2.05, 4.69) is 81.6 Å². The number of hydrogen-bond donors (Lipinski definition) is 10. The molecule has 110 heavy (non-hydrogen) atoms. The van der Waals surface area contributed by atoms with Crippen molar-refractivity contribution in [3.63, 3.8) is 0 Å². The van der Waals surface area contributed by atoms with Crippen LogP contribution >= 0.6 is 0 Å². The number of nitrogens with one attached hydrogen (secondary N) is 5. The first-order valence-corrected chi connectivity index (χ1v) is 35.6. The van der Waals surface area contributed by atoms with Crippen LogP contribution in [0.15, 0.2) is 194 Å². The summed E-state index contributed by atoms with van der Waals surface area (Å²) in [5.74, 6) is 3.47. The minimum Gasteiger partial charge on any atom is -0.507 e. The van der Waals surface area contributed by atoms with Crippen LogP contribution in [0.2, 0.25) is 0 Å². The Balaban J connectivity index is 0.000000144. The monoisotopic (exact) mass is 1490 g/mol. The molecule has 24 heteroatoms. The van der Waals surface area contributed by atoms with Gasteiger partial charge in [-0.15, -0.1) is 20.4 Å². The van der Waals surface area contributed by atoms with E-state index >= 15 is 0 Å². The van der Waals surface area contributed by atoms with Gasteiger partial charge in [0.1, 0.15) is 68.4 Å². The van der Waals surface area contributed by atoms with Crippen molar-refractivity contribution >= 4 is 34.2 Å². The van der Waals surface area contributed by atoms with E-state index in [4.69, 9.17) is 28.8 Å². The third-order valence-electron chi connectivity index (χ3n) is 20.6. The molecule has 572 valence electrons. The number of methoxy groups -OCH3 is 1. The summed E-state index contributed by atoms with van der Waals surface area (Å²) in [7, 11) is 3.11. The number of aromatic carboxylic acids is 1. The van der Waals surface area contributed by atoms with Crippen LogP contribution in [-0.2, 0) is 11.8 Å². The topological polar surface area (TPSA) is 328 Å². The van der Waals surface area contributed by atoms with Gasteiger partial charge in [0.15, 0.2) is 0 Å². The number of nitrogens with zero attached hydrogens (tertiary/aromatic N) is 7. The average Bonchev–Trinajstić information content (AvgIpc) is 0.801. The van der Waals surface area contributed by atoms with Crippen molar-refractivity contribution < 1.29 is 58.8 Å². The summed E-state index contributed by atoms with van der Waals surface area (Å²) >= 11 is 0. The molecule has 0 bridgehead atoms. The van der Waals surface area contributed by atoms with Gasteiger partial charge < -0.3 is 70.5 Å². The zero-order valence-electron chi connectivity index (χ0n) is 58.5. The quantitative estimate of drug-likeness (QED) is 0.0632. The maximum Gasteiger partial charge on any atom is 0.337 e. The van der Waals surface area contributed by atoms with Crippen LogP contribution < -0.4 is 40.2 Å². The third kappa shape index (κ3) is 16.4. The number of hydrogen-bond acceptors (Lipinski definition) is 21. The number of phenolic OH excluding ortho intramolecular Hbond substituents is 4. The molecule has 0 aliphatic carbocycles. The van der Waals surface area contributed by atoms with E-state index in [-0.39, 0.29) is 81.0 Å². The molecule has 4 fully saturated rings. The highest BCUT2D eigenvalue weighted by Gasteiger charge is 2.42. The average molecular weight is 1490 g/mol. The fourth-order valence-corrected chi connectivity index (χ4v) is 15.1. The number of aromatic amines is 1. The fraction of sp³-hybridized carbons (Fsp3) is 0.302. The van der Waals surface area contributed by atoms with Crippen LogP contribution in [0, 0.1) is 0 Å². The minimum atomic E-state index is -0.953. The highest BCUT2D eigenvalue weighted by atomic mass is 16.5. The first-order chi connectivity index (χ1) is 51.6. The Morgan fingerprint density at radius 3 is 0.964 bits per heavy atom. The smallest absolute Gasteiger partial charge is 0.337 e. The van der Waals surface area contributed by atoms with Gasteiger partial charge in [0.25, 0.3) is 0 Å². The Hall–Kier alpha value is -12.0. The third-order valence-corrected chi connectivity index (χ3v) is 20.6. The van der Waals surface area contributed by atoms with Gasteiger partial charge in [-0.2, -0.15) is 10.0 Å². The molecule has 2 aromatic heterocycles. The Kier molecular flexibility index (Phi) is 24.2. The molecule has 8 aliphatic heterocycles. The second-order valence-electron chi connectivity index (χ2n) is 27.4. The lowest BCUT2D eigenvalue weighted by atomic mass is 9.83. The first-order valence-electron chi connectivity index (χ1n) is 35.6. The number of rotatable bonds is 8. The zero-order chi connectivity index (χ0) is 73.0. The molecule has 10 heterocycles. The van der Waals surface area contributed by atoms with Gasteiger partial charge in [-0.25, -0.2) is 9.59 Å². The number of carbonyl (C=O) groups is 2. The molecule has 0 unspecified atom stereocenters. The molecule has 4 saturated heterocycles. The molecule has 24 nitrogen and oxygen atoms in total. The number of benzene rings is 8. The number of H-pyrrole nitrogens is 1. The van der Waals surface area contributed by atoms with Gasteiger partial charge in [0, 0.05) is 62.5 Å². The van der Waals surface area contributed by atoms with E-state index in [9.17, 15) is 30.0 Å². The van der Waals surface area contributed by atoms with Crippen LogP contribution in [-0.4, -0.2) is 160 Å². The molecule has 8 aliphatic rings. The number of aromatic hydroxyl groups is 4. The molecule has 10 N–H and O–H groups in total. The number of carbonyl (C=O) groups excluding carboxylic acids is 1. The molecule has 18 rings (SSSR count). The maximum atomic E-state index is 11.7. The van der Waals surface area contributed by atoms with Crippen molar-refractivity contribution in [1.29, 1.82) is 0 Å². The lowest BCUT2D eigenvalue weighted by Gasteiger charge is -2.40. The predicted molar refractivity (Wildman–Crippen MR) is 425 cm³/mol. The van der Waals surface area contributed by atoms with E-state index in [1.807, 2.05) is 97.1 Å². The summed E-state index contributed by atoms with van der Waals surface area (Å²) in [5, 5.41) is 90.8. The summed E-state index contributed by atoms with van der Waals surface area (Å²) in [6.07, 6.45) is 15.6.